The topological polar surface area (TPSA) is 95.9 Å². The van der Waals surface area contributed by atoms with Crippen molar-refractivity contribution < 1.29 is 24.5 Å². The molecule has 116 valence electrons. The van der Waals surface area contributed by atoms with E-state index in [1.165, 1.54) is 24.0 Å². The van der Waals surface area contributed by atoms with Crippen LogP contribution in [0, 0.1) is 6.92 Å². The number of hydrogen-bond acceptors (Lipinski definition) is 4. The van der Waals surface area contributed by atoms with Gasteiger partial charge in [0.25, 0.3) is 0 Å². The Hall–Kier alpha value is -1.92. The van der Waals surface area contributed by atoms with Gasteiger partial charge in [0.15, 0.2) is 0 Å². The summed E-state index contributed by atoms with van der Waals surface area (Å²) in [6.45, 7) is 5.00. The van der Waals surface area contributed by atoms with Gasteiger partial charge < -0.3 is 20.3 Å². The molecule has 1 aliphatic rings. The van der Waals surface area contributed by atoms with Gasteiger partial charge in [-0.05, 0) is 25.3 Å². The first kappa shape index (κ1) is 17.1. The molecule has 1 aromatic carbocycles. The third kappa shape index (κ3) is 7.43. The summed E-state index contributed by atoms with van der Waals surface area (Å²) in [5, 5.41) is 18.2. The van der Waals surface area contributed by atoms with E-state index in [-0.39, 0.29) is 0 Å². The monoisotopic (exact) mass is 295 g/mol. The molecule has 0 saturated carbocycles. The fraction of sp³-hybridized carbons (Fsp3) is 0.467. The number of aryl methyl sites for hydroxylation is 1. The molecule has 0 radical (unpaired) electrons. The Morgan fingerprint density at radius 2 is 2.05 bits per heavy atom. The standard InChI is InChI=1S/C13H19NO.C2H2O4/c1-11-4-2-5-12(8-11)9-14-10-13-6-3-7-15-13;3-1(4)2(5)6/h2,4-5,8,13-14H,3,6-7,9-10H2,1H3;(H,3,4)(H,5,6). The van der Waals surface area contributed by atoms with Crippen molar-refractivity contribution in [1.29, 1.82) is 0 Å². The molecular formula is C15H21NO5. The van der Waals surface area contributed by atoms with E-state index in [1.54, 1.807) is 0 Å². The molecule has 3 N–H and O–H groups in total. The van der Waals surface area contributed by atoms with Crippen molar-refractivity contribution in [3.63, 3.8) is 0 Å². The highest BCUT2D eigenvalue weighted by Gasteiger charge is 2.14. The third-order valence-electron chi connectivity index (χ3n) is 2.99. The number of carboxylic acid groups (broad SMARTS) is 2. The minimum absolute atomic E-state index is 0.440. The number of carboxylic acids is 2. The molecule has 0 spiro atoms. The molecule has 1 heterocycles. The van der Waals surface area contributed by atoms with Crippen molar-refractivity contribution in [1.82, 2.24) is 5.32 Å². The van der Waals surface area contributed by atoms with Gasteiger partial charge in [0.2, 0.25) is 0 Å². The Balaban J connectivity index is 0.000000315. The first-order chi connectivity index (χ1) is 9.99. The van der Waals surface area contributed by atoms with Crippen LogP contribution in [0.1, 0.15) is 24.0 Å². The van der Waals surface area contributed by atoms with Crippen molar-refractivity contribution in [2.45, 2.75) is 32.4 Å². The fourth-order valence-electron chi connectivity index (χ4n) is 2.00. The second-order valence-corrected chi connectivity index (χ2v) is 4.87. The van der Waals surface area contributed by atoms with Crippen molar-refractivity contribution in [3.8, 4) is 0 Å². The number of hydrogen-bond donors (Lipinski definition) is 3. The van der Waals surface area contributed by atoms with Gasteiger partial charge in [-0.15, -0.1) is 0 Å². The highest BCUT2D eigenvalue weighted by atomic mass is 16.5. The Bertz CT molecular complexity index is 457. The summed E-state index contributed by atoms with van der Waals surface area (Å²) in [6, 6.07) is 8.63. The summed E-state index contributed by atoms with van der Waals surface area (Å²) < 4.78 is 5.55. The summed E-state index contributed by atoms with van der Waals surface area (Å²) in [5.74, 6) is -3.65. The van der Waals surface area contributed by atoms with Crippen LogP contribution >= 0.6 is 0 Å². The van der Waals surface area contributed by atoms with Gasteiger partial charge >= 0.3 is 11.9 Å². The predicted molar refractivity (Wildman–Crippen MR) is 77.1 cm³/mol. The maximum Gasteiger partial charge on any atom is 0.414 e. The number of carbonyl (C=O) groups is 2. The van der Waals surface area contributed by atoms with Gasteiger partial charge in [0.1, 0.15) is 0 Å². The van der Waals surface area contributed by atoms with Crippen molar-refractivity contribution in [2.75, 3.05) is 13.2 Å². The molecule has 1 unspecified atom stereocenters. The van der Waals surface area contributed by atoms with Crippen LogP contribution in [-0.4, -0.2) is 41.4 Å². The first-order valence-electron chi connectivity index (χ1n) is 6.83. The Labute approximate surface area is 123 Å². The molecule has 1 aliphatic heterocycles. The molecule has 0 aliphatic carbocycles. The Morgan fingerprint density at radius 3 is 2.57 bits per heavy atom. The molecule has 6 heteroatoms. The van der Waals surface area contributed by atoms with Gasteiger partial charge in [-0.1, -0.05) is 29.8 Å². The number of ether oxygens (including phenoxy) is 1. The zero-order chi connectivity index (χ0) is 15.7. The predicted octanol–water partition coefficient (Wildman–Crippen LogP) is 1.42. The molecule has 0 aromatic heterocycles. The van der Waals surface area contributed by atoms with Crippen molar-refractivity contribution in [3.05, 3.63) is 35.4 Å². The molecule has 1 saturated heterocycles. The second-order valence-electron chi connectivity index (χ2n) is 4.87. The SMILES string of the molecule is Cc1cccc(CNCC2CCCO2)c1.O=C(O)C(=O)O. The van der Waals surface area contributed by atoms with Gasteiger partial charge in [-0.25, -0.2) is 9.59 Å². The van der Waals surface area contributed by atoms with Crippen molar-refractivity contribution >= 4 is 11.9 Å². The smallest absolute Gasteiger partial charge is 0.414 e. The lowest BCUT2D eigenvalue weighted by Crippen LogP contribution is -2.25. The zero-order valence-corrected chi connectivity index (χ0v) is 12.0. The highest BCUT2D eigenvalue weighted by Crippen LogP contribution is 2.11. The average Bonchev–Trinajstić information content (AvgIpc) is 2.92. The van der Waals surface area contributed by atoms with Gasteiger partial charge in [-0.3, -0.25) is 0 Å². The summed E-state index contributed by atoms with van der Waals surface area (Å²) in [5.41, 5.74) is 2.68. The van der Waals surface area contributed by atoms with Crippen LogP contribution in [0.5, 0.6) is 0 Å². The van der Waals surface area contributed by atoms with Gasteiger partial charge in [-0.2, -0.15) is 0 Å². The van der Waals surface area contributed by atoms with E-state index in [0.717, 1.165) is 19.7 Å². The maximum absolute atomic E-state index is 9.10. The highest BCUT2D eigenvalue weighted by molar-refractivity contribution is 6.27. The number of nitrogens with one attached hydrogen (secondary N) is 1. The number of rotatable bonds is 4. The van der Waals surface area contributed by atoms with Crippen LogP contribution in [0.4, 0.5) is 0 Å². The van der Waals surface area contributed by atoms with E-state index >= 15 is 0 Å². The molecule has 0 bridgehead atoms. The van der Waals surface area contributed by atoms with Gasteiger partial charge in [0.05, 0.1) is 6.10 Å². The molecule has 0 amide bonds. The molecular weight excluding hydrogens is 274 g/mol. The van der Waals surface area contributed by atoms with E-state index in [4.69, 9.17) is 24.5 Å². The third-order valence-corrected chi connectivity index (χ3v) is 2.99. The largest absolute Gasteiger partial charge is 0.473 e. The lowest BCUT2D eigenvalue weighted by molar-refractivity contribution is -0.159. The van der Waals surface area contributed by atoms with E-state index in [9.17, 15) is 0 Å². The van der Waals surface area contributed by atoms with Crippen LogP contribution in [0.2, 0.25) is 0 Å². The number of benzene rings is 1. The summed E-state index contributed by atoms with van der Waals surface area (Å²) in [4.78, 5) is 18.2. The lowest BCUT2D eigenvalue weighted by Gasteiger charge is -2.10. The van der Waals surface area contributed by atoms with E-state index in [0.29, 0.717) is 6.10 Å². The maximum atomic E-state index is 9.10. The van der Waals surface area contributed by atoms with E-state index in [2.05, 4.69) is 36.5 Å². The fourth-order valence-corrected chi connectivity index (χ4v) is 2.00. The average molecular weight is 295 g/mol. The molecule has 21 heavy (non-hydrogen) atoms. The minimum atomic E-state index is -1.82. The Kier molecular flexibility index (Phi) is 7.42. The summed E-state index contributed by atoms with van der Waals surface area (Å²) in [6.07, 6.45) is 2.87. The first-order valence-corrected chi connectivity index (χ1v) is 6.83. The summed E-state index contributed by atoms with van der Waals surface area (Å²) >= 11 is 0. The number of aliphatic carboxylic acids is 2. The lowest BCUT2D eigenvalue weighted by atomic mass is 10.1. The molecule has 1 aromatic rings. The zero-order valence-electron chi connectivity index (χ0n) is 12.0. The Morgan fingerprint density at radius 1 is 1.33 bits per heavy atom. The van der Waals surface area contributed by atoms with Crippen LogP contribution in [0.3, 0.4) is 0 Å². The second kappa shape index (κ2) is 9.10. The quantitative estimate of drug-likeness (QED) is 0.727. The normalized spacial score (nSPS) is 16.9. The van der Waals surface area contributed by atoms with Crippen LogP contribution in [-0.2, 0) is 20.9 Å². The van der Waals surface area contributed by atoms with Crippen LogP contribution in [0.15, 0.2) is 24.3 Å². The van der Waals surface area contributed by atoms with Gasteiger partial charge in [0, 0.05) is 19.7 Å². The van der Waals surface area contributed by atoms with Crippen molar-refractivity contribution in [2.24, 2.45) is 0 Å². The molecule has 1 atom stereocenters. The van der Waals surface area contributed by atoms with Crippen LogP contribution < -0.4 is 5.32 Å². The molecule has 2 rings (SSSR count). The minimum Gasteiger partial charge on any atom is -0.473 e. The van der Waals surface area contributed by atoms with E-state index < -0.39 is 11.9 Å². The summed E-state index contributed by atoms with van der Waals surface area (Å²) in [7, 11) is 0. The van der Waals surface area contributed by atoms with Crippen LogP contribution in [0.25, 0.3) is 0 Å². The molecule has 1 fully saturated rings. The molecule has 6 nitrogen and oxygen atoms in total. The van der Waals surface area contributed by atoms with E-state index in [1.807, 2.05) is 0 Å².